The summed E-state index contributed by atoms with van der Waals surface area (Å²) in [5.41, 5.74) is 0.146. The standard InChI is InChI=1S/C16H25NO2/c1-15(2,3)8-10-17-9-7-12(11-13(17)18)14(19)16(4,5)6/h7,9,11H,8,10H2,1-6H3. The lowest BCUT2D eigenvalue weighted by molar-refractivity contribution is 0.0858. The van der Waals surface area contributed by atoms with Gasteiger partial charge in [-0.3, -0.25) is 9.59 Å². The van der Waals surface area contributed by atoms with Gasteiger partial charge in [-0.1, -0.05) is 41.5 Å². The maximum Gasteiger partial charge on any atom is 0.251 e. The van der Waals surface area contributed by atoms with Crippen molar-refractivity contribution in [1.29, 1.82) is 0 Å². The van der Waals surface area contributed by atoms with Crippen LogP contribution in [0.3, 0.4) is 0 Å². The minimum Gasteiger partial charge on any atom is -0.315 e. The van der Waals surface area contributed by atoms with E-state index >= 15 is 0 Å². The van der Waals surface area contributed by atoms with E-state index in [2.05, 4.69) is 20.8 Å². The second-order valence-corrected chi connectivity index (χ2v) is 7.34. The summed E-state index contributed by atoms with van der Waals surface area (Å²) < 4.78 is 1.67. The van der Waals surface area contributed by atoms with Crippen LogP contribution < -0.4 is 5.56 Å². The van der Waals surface area contributed by atoms with Crippen LogP contribution in [0.2, 0.25) is 0 Å². The van der Waals surface area contributed by atoms with Gasteiger partial charge in [0, 0.05) is 29.8 Å². The summed E-state index contributed by atoms with van der Waals surface area (Å²) in [6.07, 6.45) is 2.66. The summed E-state index contributed by atoms with van der Waals surface area (Å²) in [6.45, 7) is 12.7. The van der Waals surface area contributed by atoms with E-state index in [1.54, 1.807) is 16.8 Å². The minimum atomic E-state index is -0.454. The Balaban J connectivity index is 2.93. The summed E-state index contributed by atoms with van der Waals surface area (Å²) in [6, 6.07) is 3.20. The molecule has 19 heavy (non-hydrogen) atoms. The molecule has 0 saturated carbocycles. The first-order valence-corrected chi connectivity index (χ1v) is 6.76. The van der Waals surface area contributed by atoms with E-state index in [9.17, 15) is 9.59 Å². The van der Waals surface area contributed by atoms with Gasteiger partial charge in [-0.15, -0.1) is 0 Å². The van der Waals surface area contributed by atoms with Crippen LogP contribution in [0, 0.1) is 10.8 Å². The van der Waals surface area contributed by atoms with Crippen LogP contribution in [0.1, 0.15) is 58.3 Å². The predicted molar refractivity (Wildman–Crippen MR) is 78.6 cm³/mol. The zero-order chi connectivity index (χ0) is 14.8. The first kappa shape index (κ1) is 15.7. The number of hydrogen-bond donors (Lipinski definition) is 0. The van der Waals surface area contributed by atoms with Gasteiger partial charge in [0.1, 0.15) is 0 Å². The van der Waals surface area contributed by atoms with E-state index in [1.165, 1.54) is 6.07 Å². The molecule has 0 amide bonds. The van der Waals surface area contributed by atoms with Gasteiger partial charge in [0.2, 0.25) is 0 Å². The van der Waals surface area contributed by atoms with Gasteiger partial charge in [-0.2, -0.15) is 0 Å². The van der Waals surface area contributed by atoms with E-state index in [1.807, 2.05) is 20.8 Å². The predicted octanol–water partition coefficient (Wildman–Crippen LogP) is 3.51. The first-order valence-electron chi connectivity index (χ1n) is 6.76. The molecule has 0 unspecified atom stereocenters. The molecule has 0 aliphatic rings. The lowest BCUT2D eigenvalue weighted by atomic mass is 9.87. The lowest BCUT2D eigenvalue weighted by Gasteiger charge is -2.19. The van der Waals surface area contributed by atoms with Crippen molar-refractivity contribution in [2.24, 2.45) is 10.8 Å². The molecule has 0 fully saturated rings. The van der Waals surface area contributed by atoms with Crippen LogP contribution >= 0.6 is 0 Å². The first-order chi connectivity index (χ1) is 8.50. The summed E-state index contributed by atoms with van der Waals surface area (Å²) in [7, 11) is 0. The van der Waals surface area contributed by atoms with Crippen molar-refractivity contribution in [3.05, 3.63) is 34.2 Å². The number of pyridine rings is 1. The molecule has 0 saturated heterocycles. The largest absolute Gasteiger partial charge is 0.315 e. The van der Waals surface area contributed by atoms with Crippen LogP contribution in [0.25, 0.3) is 0 Å². The fraction of sp³-hybridized carbons (Fsp3) is 0.625. The number of nitrogens with zero attached hydrogens (tertiary/aromatic N) is 1. The Kier molecular flexibility index (Phi) is 4.39. The normalized spacial score (nSPS) is 12.5. The Morgan fingerprint density at radius 3 is 2.16 bits per heavy atom. The molecule has 0 radical (unpaired) electrons. The lowest BCUT2D eigenvalue weighted by Crippen LogP contribution is -2.26. The van der Waals surface area contributed by atoms with E-state index in [-0.39, 0.29) is 16.8 Å². The van der Waals surface area contributed by atoms with Gasteiger partial charge < -0.3 is 4.57 Å². The summed E-state index contributed by atoms with van der Waals surface area (Å²) in [4.78, 5) is 24.1. The number of carbonyl (C=O) groups excluding carboxylic acids is 1. The SMILES string of the molecule is CC(C)(C)CCn1ccc(C(=O)C(C)(C)C)cc1=O. The Morgan fingerprint density at radius 1 is 1.16 bits per heavy atom. The van der Waals surface area contributed by atoms with Gasteiger partial charge in [0.25, 0.3) is 5.56 Å². The highest BCUT2D eigenvalue weighted by Gasteiger charge is 2.23. The molecule has 106 valence electrons. The van der Waals surface area contributed by atoms with Gasteiger partial charge in [-0.05, 0) is 17.9 Å². The molecule has 1 rings (SSSR count). The third-order valence-electron chi connectivity index (χ3n) is 3.04. The number of Topliss-reactive ketones (excluding diaryl/α,β-unsaturated/α-hetero) is 1. The molecule has 0 bridgehead atoms. The Labute approximate surface area is 115 Å². The molecular formula is C16H25NO2. The van der Waals surface area contributed by atoms with E-state index in [4.69, 9.17) is 0 Å². The number of aromatic nitrogens is 1. The fourth-order valence-electron chi connectivity index (χ4n) is 1.72. The van der Waals surface area contributed by atoms with Gasteiger partial charge >= 0.3 is 0 Å². The van der Waals surface area contributed by atoms with Crippen LogP contribution in [0.15, 0.2) is 23.1 Å². The fourth-order valence-corrected chi connectivity index (χ4v) is 1.72. The van der Waals surface area contributed by atoms with Crippen molar-refractivity contribution in [2.75, 3.05) is 0 Å². The highest BCUT2D eigenvalue weighted by atomic mass is 16.1. The second kappa shape index (κ2) is 5.32. The maximum absolute atomic E-state index is 12.1. The molecule has 1 heterocycles. The Morgan fingerprint density at radius 2 is 1.74 bits per heavy atom. The third-order valence-corrected chi connectivity index (χ3v) is 3.04. The summed E-state index contributed by atoms with van der Waals surface area (Å²) in [5.74, 6) is 0.00701. The average molecular weight is 263 g/mol. The van der Waals surface area contributed by atoms with Crippen molar-refractivity contribution in [3.63, 3.8) is 0 Å². The van der Waals surface area contributed by atoms with Gasteiger partial charge in [0.15, 0.2) is 5.78 Å². The highest BCUT2D eigenvalue weighted by Crippen LogP contribution is 2.21. The van der Waals surface area contributed by atoms with E-state index in [0.717, 1.165) is 6.42 Å². The Bertz CT molecular complexity index is 513. The minimum absolute atomic E-state index is 0.00701. The van der Waals surface area contributed by atoms with Crippen molar-refractivity contribution in [1.82, 2.24) is 4.57 Å². The maximum atomic E-state index is 12.1. The Hall–Kier alpha value is -1.38. The zero-order valence-electron chi connectivity index (χ0n) is 12.9. The van der Waals surface area contributed by atoms with Crippen molar-refractivity contribution >= 4 is 5.78 Å². The molecule has 0 N–H and O–H groups in total. The summed E-state index contributed by atoms with van der Waals surface area (Å²) in [5, 5.41) is 0. The molecule has 3 heteroatoms. The molecule has 0 atom stereocenters. The zero-order valence-corrected chi connectivity index (χ0v) is 12.9. The smallest absolute Gasteiger partial charge is 0.251 e. The number of hydrogen-bond acceptors (Lipinski definition) is 2. The van der Waals surface area contributed by atoms with Crippen molar-refractivity contribution in [3.8, 4) is 0 Å². The molecular weight excluding hydrogens is 238 g/mol. The number of aryl methyl sites for hydroxylation is 1. The van der Waals surface area contributed by atoms with Crippen LogP contribution in [-0.4, -0.2) is 10.4 Å². The van der Waals surface area contributed by atoms with Gasteiger partial charge in [0.05, 0.1) is 0 Å². The van der Waals surface area contributed by atoms with Crippen molar-refractivity contribution in [2.45, 2.75) is 54.5 Å². The molecule has 1 aromatic heterocycles. The number of rotatable bonds is 3. The molecule has 3 nitrogen and oxygen atoms in total. The van der Waals surface area contributed by atoms with Crippen LogP contribution in [-0.2, 0) is 6.54 Å². The van der Waals surface area contributed by atoms with Crippen molar-refractivity contribution < 1.29 is 4.79 Å². The van der Waals surface area contributed by atoms with E-state index < -0.39 is 5.41 Å². The second-order valence-electron chi connectivity index (χ2n) is 7.34. The van der Waals surface area contributed by atoms with Crippen LogP contribution in [0.5, 0.6) is 0 Å². The molecule has 0 spiro atoms. The van der Waals surface area contributed by atoms with Gasteiger partial charge in [-0.25, -0.2) is 0 Å². The average Bonchev–Trinajstić information content (AvgIpc) is 2.23. The number of ketones is 1. The third kappa shape index (κ3) is 4.66. The summed E-state index contributed by atoms with van der Waals surface area (Å²) >= 11 is 0. The molecule has 0 aromatic carbocycles. The monoisotopic (exact) mass is 263 g/mol. The van der Waals surface area contributed by atoms with Crippen LogP contribution in [0.4, 0.5) is 0 Å². The quantitative estimate of drug-likeness (QED) is 0.783. The molecule has 0 aliphatic carbocycles. The van der Waals surface area contributed by atoms with E-state index in [0.29, 0.717) is 12.1 Å². The molecule has 0 aliphatic heterocycles. The number of carbonyl (C=O) groups is 1. The molecule has 1 aromatic rings. The highest BCUT2D eigenvalue weighted by molar-refractivity contribution is 5.99. The topological polar surface area (TPSA) is 39.1 Å².